The molecule has 0 saturated carbocycles. The predicted molar refractivity (Wildman–Crippen MR) is 53.9 cm³/mol. The van der Waals surface area contributed by atoms with E-state index >= 15 is 0 Å². The van der Waals surface area contributed by atoms with Crippen molar-refractivity contribution in [2.24, 2.45) is 0 Å². The Morgan fingerprint density at radius 2 is 2.13 bits per heavy atom. The van der Waals surface area contributed by atoms with Gasteiger partial charge in [0.05, 0.1) is 12.2 Å². The smallest absolute Gasteiger partial charge is 0.138 e. The number of carbonyl (C=O) groups is 1. The van der Waals surface area contributed by atoms with Crippen molar-refractivity contribution in [1.82, 2.24) is 0 Å². The minimum absolute atomic E-state index is 0.131. The van der Waals surface area contributed by atoms with Crippen LogP contribution in [0.15, 0.2) is 24.3 Å². The molecule has 80 valence electrons. The molecule has 0 spiro atoms. The SMILES string of the molecule is CC1(c2ccccc2F)CC(=O)CCO1. The summed E-state index contributed by atoms with van der Waals surface area (Å²) in [6.45, 7) is 2.14. The van der Waals surface area contributed by atoms with Gasteiger partial charge in [0.25, 0.3) is 0 Å². The molecule has 1 aliphatic rings. The Morgan fingerprint density at radius 3 is 2.80 bits per heavy atom. The quantitative estimate of drug-likeness (QED) is 0.708. The summed E-state index contributed by atoms with van der Waals surface area (Å²) in [6, 6.07) is 6.45. The first kappa shape index (κ1) is 10.3. The van der Waals surface area contributed by atoms with Gasteiger partial charge >= 0.3 is 0 Å². The van der Waals surface area contributed by atoms with Gasteiger partial charge in [0, 0.05) is 18.4 Å². The standard InChI is InChI=1S/C12H13FO2/c1-12(8-9(14)6-7-15-12)10-4-2-3-5-11(10)13/h2-5H,6-8H2,1H3. The highest BCUT2D eigenvalue weighted by Crippen LogP contribution is 2.34. The summed E-state index contributed by atoms with van der Waals surface area (Å²) < 4.78 is 19.1. The molecule has 0 N–H and O–H groups in total. The van der Waals surface area contributed by atoms with E-state index in [1.165, 1.54) is 6.07 Å². The van der Waals surface area contributed by atoms with Crippen LogP contribution in [-0.2, 0) is 15.1 Å². The first-order valence-electron chi connectivity index (χ1n) is 5.02. The molecule has 1 aromatic rings. The molecule has 1 aromatic carbocycles. The number of hydrogen-bond acceptors (Lipinski definition) is 2. The van der Waals surface area contributed by atoms with Crippen LogP contribution in [0.4, 0.5) is 4.39 Å². The first-order valence-corrected chi connectivity index (χ1v) is 5.02. The second kappa shape index (κ2) is 3.74. The third-order valence-corrected chi connectivity index (χ3v) is 2.78. The van der Waals surface area contributed by atoms with E-state index in [0.29, 0.717) is 18.6 Å². The van der Waals surface area contributed by atoms with Crippen LogP contribution in [0.1, 0.15) is 25.3 Å². The van der Waals surface area contributed by atoms with Crippen molar-refractivity contribution >= 4 is 5.78 Å². The number of hydrogen-bond donors (Lipinski definition) is 0. The normalized spacial score (nSPS) is 26.7. The number of ether oxygens (including phenoxy) is 1. The number of carbonyl (C=O) groups excluding carboxylic acids is 1. The van der Waals surface area contributed by atoms with Gasteiger partial charge in [-0.2, -0.15) is 0 Å². The Morgan fingerprint density at radius 1 is 1.40 bits per heavy atom. The lowest BCUT2D eigenvalue weighted by Gasteiger charge is -2.33. The molecule has 0 amide bonds. The maximum atomic E-state index is 13.6. The zero-order chi connectivity index (χ0) is 10.9. The topological polar surface area (TPSA) is 26.3 Å². The van der Waals surface area contributed by atoms with E-state index in [1.54, 1.807) is 25.1 Å². The fraction of sp³-hybridized carbons (Fsp3) is 0.417. The third-order valence-electron chi connectivity index (χ3n) is 2.78. The summed E-state index contributed by atoms with van der Waals surface area (Å²) in [7, 11) is 0. The summed E-state index contributed by atoms with van der Waals surface area (Å²) in [5.41, 5.74) is -0.321. The molecule has 1 saturated heterocycles. The molecule has 0 bridgehead atoms. The summed E-state index contributed by atoms with van der Waals surface area (Å²) in [5, 5.41) is 0. The Labute approximate surface area is 88.1 Å². The van der Waals surface area contributed by atoms with Crippen LogP contribution in [0.2, 0.25) is 0 Å². The monoisotopic (exact) mass is 208 g/mol. The zero-order valence-electron chi connectivity index (χ0n) is 8.63. The highest BCUT2D eigenvalue weighted by atomic mass is 19.1. The van der Waals surface area contributed by atoms with Crippen LogP contribution in [0.3, 0.4) is 0 Å². The molecule has 2 rings (SSSR count). The molecule has 1 fully saturated rings. The lowest BCUT2D eigenvalue weighted by molar-refractivity contribution is -0.139. The van der Waals surface area contributed by atoms with Gasteiger partial charge in [-0.25, -0.2) is 4.39 Å². The third kappa shape index (κ3) is 1.92. The van der Waals surface area contributed by atoms with Crippen LogP contribution >= 0.6 is 0 Å². The number of halogens is 1. The maximum Gasteiger partial charge on any atom is 0.138 e. The van der Waals surface area contributed by atoms with E-state index in [1.807, 2.05) is 0 Å². The van der Waals surface area contributed by atoms with Gasteiger partial charge in [-0.1, -0.05) is 18.2 Å². The Balaban J connectivity index is 2.36. The van der Waals surface area contributed by atoms with E-state index in [0.717, 1.165) is 0 Å². The number of ketones is 1. The van der Waals surface area contributed by atoms with E-state index in [4.69, 9.17) is 4.74 Å². The van der Waals surface area contributed by atoms with Gasteiger partial charge in [-0.3, -0.25) is 4.79 Å². The first-order chi connectivity index (χ1) is 7.12. The minimum Gasteiger partial charge on any atom is -0.370 e. The van der Waals surface area contributed by atoms with Gasteiger partial charge in [-0.15, -0.1) is 0 Å². The largest absolute Gasteiger partial charge is 0.370 e. The Hall–Kier alpha value is -1.22. The van der Waals surface area contributed by atoms with E-state index in [-0.39, 0.29) is 18.0 Å². The molecule has 1 aliphatic heterocycles. The molecule has 2 nitrogen and oxygen atoms in total. The van der Waals surface area contributed by atoms with Crippen molar-refractivity contribution in [3.63, 3.8) is 0 Å². The van der Waals surface area contributed by atoms with E-state index in [2.05, 4.69) is 0 Å². The highest BCUT2D eigenvalue weighted by molar-refractivity contribution is 5.80. The molecule has 0 radical (unpaired) electrons. The van der Waals surface area contributed by atoms with E-state index < -0.39 is 5.60 Å². The molecule has 0 aromatic heterocycles. The lowest BCUT2D eigenvalue weighted by Crippen LogP contribution is -2.35. The Kier molecular flexibility index (Phi) is 2.57. The average Bonchev–Trinajstić information content (AvgIpc) is 2.17. The summed E-state index contributed by atoms with van der Waals surface area (Å²) in [5.74, 6) is -0.179. The van der Waals surface area contributed by atoms with Crippen molar-refractivity contribution in [1.29, 1.82) is 0 Å². The van der Waals surface area contributed by atoms with Gasteiger partial charge in [0.2, 0.25) is 0 Å². The molecule has 3 heteroatoms. The van der Waals surface area contributed by atoms with Crippen LogP contribution in [-0.4, -0.2) is 12.4 Å². The fourth-order valence-electron chi connectivity index (χ4n) is 1.97. The van der Waals surface area contributed by atoms with Crippen molar-refractivity contribution in [3.05, 3.63) is 35.6 Å². The van der Waals surface area contributed by atoms with Gasteiger partial charge in [0.1, 0.15) is 11.6 Å². The second-order valence-corrected chi connectivity index (χ2v) is 4.02. The Bertz CT molecular complexity index is 389. The summed E-state index contributed by atoms with van der Waals surface area (Å²) in [6.07, 6.45) is 0.692. The number of rotatable bonds is 1. The van der Waals surface area contributed by atoms with Gasteiger partial charge in [0.15, 0.2) is 0 Å². The highest BCUT2D eigenvalue weighted by Gasteiger charge is 2.35. The molecule has 15 heavy (non-hydrogen) atoms. The molecule has 1 atom stereocenters. The van der Waals surface area contributed by atoms with Crippen LogP contribution in [0, 0.1) is 5.82 Å². The maximum absolute atomic E-state index is 13.6. The molecular formula is C12H13FO2. The van der Waals surface area contributed by atoms with Crippen LogP contribution in [0.25, 0.3) is 0 Å². The molecule has 1 unspecified atom stereocenters. The average molecular weight is 208 g/mol. The van der Waals surface area contributed by atoms with Gasteiger partial charge in [-0.05, 0) is 13.0 Å². The van der Waals surface area contributed by atoms with Crippen LogP contribution in [0.5, 0.6) is 0 Å². The van der Waals surface area contributed by atoms with Crippen molar-refractivity contribution in [2.75, 3.05) is 6.61 Å². The number of Topliss-reactive ketones (excluding diaryl/α,β-unsaturated/α-hetero) is 1. The molecular weight excluding hydrogens is 195 g/mol. The van der Waals surface area contributed by atoms with Crippen molar-refractivity contribution in [2.45, 2.75) is 25.4 Å². The van der Waals surface area contributed by atoms with Gasteiger partial charge < -0.3 is 4.74 Å². The van der Waals surface area contributed by atoms with E-state index in [9.17, 15) is 9.18 Å². The van der Waals surface area contributed by atoms with Crippen molar-refractivity contribution in [3.8, 4) is 0 Å². The zero-order valence-corrected chi connectivity index (χ0v) is 8.63. The predicted octanol–water partition coefficient (Wildman–Crippen LogP) is 2.42. The summed E-state index contributed by atoms with van der Waals surface area (Å²) >= 11 is 0. The number of benzene rings is 1. The minimum atomic E-state index is -0.791. The summed E-state index contributed by atoms with van der Waals surface area (Å²) in [4.78, 5) is 11.4. The van der Waals surface area contributed by atoms with Crippen molar-refractivity contribution < 1.29 is 13.9 Å². The molecule has 1 heterocycles. The second-order valence-electron chi connectivity index (χ2n) is 4.02. The fourth-order valence-corrected chi connectivity index (χ4v) is 1.97. The molecule has 0 aliphatic carbocycles. The van der Waals surface area contributed by atoms with Crippen LogP contribution < -0.4 is 0 Å². The lowest BCUT2D eigenvalue weighted by atomic mass is 9.87.